The highest BCUT2D eigenvalue weighted by Gasteiger charge is 2.23. The molecule has 1 aliphatic carbocycles. The number of hydrogen-bond donors (Lipinski definition) is 0. The summed E-state index contributed by atoms with van der Waals surface area (Å²) < 4.78 is 4.86. The summed E-state index contributed by atoms with van der Waals surface area (Å²) in [5.41, 5.74) is 1.25. The van der Waals surface area contributed by atoms with Crippen LogP contribution in [-0.4, -0.2) is 12.6 Å². The zero-order chi connectivity index (χ0) is 9.84. The van der Waals surface area contributed by atoms with Gasteiger partial charge in [-0.05, 0) is 31.6 Å². The number of ether oxygens (including phenoxy) is 1. The Labute approximate surface area is 80.0 Å². The number of carbonyl (C=O) groups excluding carboxylic acids is 1. The lowest BCUT2D eigenvalue weighted by atomic mass is 10.0. The molecule has 0 radical (unpaired) electrons. The van der Waals surface area contributed by atoms with Crippen LogP contribution in [0.25, 0.3) is 0 Å². The maximum absolute atomic E-state index is 11.1. The SMILES string of the molecule is CCOC(=O)C=C1CC(C)C(C)C1. The predicted molar refractivity (Wildman–Crippen MR) is 52.3 cm³/mol. The zero-order valence-corrected chi connectivity index (χ0v) is 8.67. The maximum atomic E-state index is 11.1. The van der Waals surface area contributed by atoms with Gasteiger partial charge in [0.25, 0.3) is 0 Å². The van der Waals surface area contributed by atoms with E-state index in [4.69, 9.17) is 4.74 Å². The number of allylic oxidation sites excluding steroid dienone is 1. The van der Waals surface area contributed by atoms with Crippen molar-refractivity contribution in [1.82, 2.24) is 0 Å². The van der Waals surface area contributed by atoms with Crippen LogP contribution in [0.1, 0.15) is 33.6 Å². The summed E-state index contributed by atoms with van der Waals surface area (Å²) in [6, 6.07) is 0. The molecule has 0 heterocycles. The first-order valence-electron chi connectivity index (χ1n) is 4.99. The Morgan fingerprint density at radius 1 is 1.46 bits per heavy atom. The molecule has 0 spiro atoms. The first-order valence-corrected chi connectivity index (χ1v) is 4.99. The van der Waals surface area contributed by atoms with Crippen LogP contribution >= 0.6 is 0 Å². The van der Waals surface area contributed by atoms with E-state index in [0.29, 0.717) is 18.4 Å². The Hall–Kier alpha value is -0.790. The quantitative estimate of drug-likeness (QED) is 0.484. The standard InChI is InChI=1S/C11H18O2/c1-4-13-11(12)7-10-5-8(2)9(3)6-10/h7-9H,4-6H2,1-3H3. The fourth-order valence-corrected chi connectivity index (χ4v) is 1.78. The van der Waals surface area contributed by atoms with Gasteiger partial charge in [0.2, 0.25) is 0 Å². The van der Waals surface area contributed by atoms with E-state index < -0.39 is 0 Å². The molecule has 2 atom stereocenters. The second-order valence-electron chi connectivity index (χ2n) is 3.92. The smallest absolute Gasteiger partial charge is 0.330 e. The molecule has 1 rings (SSSR count). The van der Waals surface area contributed by atoms with E-state index in [1.54, 1.807) is 6.08 Å². The maximum Gasteiger partial charge on any atom is 0.330 e. The second-order valence-corrected chi connectivity index (χ2v) is 3.92. The first kappa shape index (κ1) is 10.3. The van der Waals surface area contributed by atoms with Gasteiger partial charge >= 0.3 is 5.97 Å². The molecule has 0 aromatic carbocycles. The zero-order valence-electron chi connectivity index (χ0n) is 8.67. The van der Waals surface area contributed by atoms with Crippen LogP contribution in [0.3, 0.4) is 0 Å². The summed E-state index contributed by atoms with van der Waals surface area (Å²) in [6.07, 6.45) is 3.78. The van der Waals surface area contributed by atoms with E-state index in [1.807, 2.05) is 6.92 Å². The van der Waals surface area contributed by atoms with E-state index >= 15 is 0 Å². The van der Waals surface area contributed by atoms with Crippen molar-refractivity contribution in [1.29, 1.82) is 0 Å². The van der Waals surface area contributed by atoms with Gasteiger partial charge in [-0.3, -0.25) is 0 Å². The summed E-state index contributed by atoms with van der Waals surface area (Å²) in [7, 11) is 0. The summed E-state index contributed by atoms with van der Waals surface area (Å²) in [5.74, 6) is 1.24. The van der Waals surface area contributed by atoms with Gasteiger partial charge in [0.15, 0.2) is 0 Å². The van der Waals surface area contributed by atoms with Crippen molar-refractivity contribution in [3.63, 3.8) is 0 Å². The van der Waals surface area contributed by atoms with E-state index in [0.717, 1.165) is 12.8 Å². The third-order valence-corrected chi connectivity index (χ3v) is 2.75. The van der Waals surface area contributed by atoms with E-state index in [2.05, 4.69) is 13.8 Å². The molecule has 13 heavy (non-hydrogen) atoms. The van der Waals surface area contributed by atoms with Crippen LogP contribution in [-0.2, 0) is 9.53 Å². The van der Waals surface area contributed by atoms with Crippen LogP contribution in [0.5, 0.6) is 0 Å². The highest BCUT2D eigenvalue weighted by atomic mass is 16.5. The summed E-state index contributed by atoms with van der Waals surface area (Å²) >= 11 is 0. The molecule has 2 unspecified atom stereocenters. The highest BCUT2D eigenvalue weighted by Crippen LogP contribution is 2.34. The van der Waals surface area contributed by atoms with E-state index in [1.165, 1.54) is 5.57 Å². The van der Waals surface area contributed by atoms with Crippen LogP contribution in [0.15, 0.2) is 11.6 Å². The topological polar surface area (TPSA) is 26.3 Å². The van der Waals surface area contributed by atoms with E-state index in [-0.39, 0.29) is 5.97 Å². The molecule has 0 bridgehead atoms. The monoisotopic (exact) mass is 182 g/mol. The molecule has 0 amide bonds. The third-order valence-electron chi connectivity index (χ3n) is 2.75. The van der Waals surface area contributed by atoms with Gasteiger partial charge in [0.05, 0.1) is 6.61 Å². The lowest BCUT2D eigenvalue weighted by molar-refractivity contribution is -0.137. The van der Waals surface area contributed by atoms with Crippen LogP contribution in [0, 0.1) is 11.8 Å². The summed E-state index contributed by atoms with van der Waals surface area (Å²) in [4.78, 5) is 11.1. The van der Waals surface area contributed by atoms with Gasteiger partial charge in [-0.2, -0.15) is 0 Å². The summed E-state index contributed by atoms with van der Waals surface area (Å²) in [6.45, 7) is 6.76. The van der Waals surface area contributed by atoms with Crippen molar-refractivity contribution in [2.75, 3.05) is 6.61 Å². The van der Waals surface area contributed by atoms with Crippen molar-refractivity contribution in [3.05, 3.63) is 11.6 Å². The number of carbonyl (C=O) groups is 1. The average molecular weight is 182 g/mol. The molecule has 0 aliphatic heterocycles. The van der Waals surface area contributed by atoms with Gasteiger partial charge in [0.1, 0.15) is 0 Å². The van der Waals surface area contributed by atoms with Gasteiger partial charge in [0, 0.05) is 6.08 Å². The minimum Gasteiger partial charge on any atom is -0.463 e. The fourth-order valence-electron chi connectivity index (χ4n) is 1.78. The average Bonchev–Trinajstić information content (AvgIpc) is 2.31. The second kappa shape index (κ2) is 4.45. The normalized spacial score (nSPS) is 27.5. The Kier molecular flexibility index (Phi) is 3.52. The Morgan fingerprint density at radius 2 is 2.00 bits per heavy atom. The van der Waals surface area contributed by atoms with E-state index in [9.17, 15) is 4.79 Å². The molecule has 2 nitrogen and oxygen atoms in total. The number of hydrogen-bond acceptors (Lipinski definition) is 2. The van der Waals surface area contributed by atoms with Crippen molar-refractivity contribution in [2.24, 2.45) is 11.8 Å². The number of rotatable bonds is 2. The molecule has 1 fully saturated rings. The van der Waals surface area contributed by atoms with Crippen molar-refractivity contribution < 1.29 is 9.53 Å². The summed E-state index contributed by atoms with van der Waals surface area (Å²) in [5, 5.41) is 0. The largest absolute Gasteiger partial charge is 0.463 e. The Morgan fingerprint density at radius 3 is 2.46 bits per heavy atom. The fraction of sp³-hybridized carbons (Fsp3) is 0.727. The minimum absolute atomic E-state index is 0.182. The van der Waals surface area contributed by atoms with Crippen LogP contribution in [0.2, 0.25) is 0 Å². The Balaban J connectivity index is 2.49. The third kappa shape index (κ3) is 2.87. The molecular weight excluding hydrogens is 164 g/mol. The van der Waals surface area contributed by atoms with Gasteiger partial charge < -0.3 is 4.74 Å². The van der Waals surface area contributed by atoms with Crippen molar-refractivity contribution in [3.8, 4) is 0 Å². The lowest BCUT2D eigenvalue weighted by Gasteiger charge is -2.04. The Bertz CT molecular complexity index is 206. The van der Waals surface area contributed by atoms with Gasteiger partial charge in [-0.15, -0.1) is 0 Å². The van der Waals surface area contributed by atoms with Gasteiger partial charge in [-0.1, -0.05) is 19.4 Å². The molecule has 1 aliphatic rings. The number of esters is 1. The molecule has 0 saturated heterocycles. The molecule has 0 N–H and O–H groups in total. The molecule has 74 valence electrons. The molecule has 0 aromatic heterocycles. The highest BCUT2D eigenvalue weighted by molar-refractivity contribution is 5.82. The molecule has 1 saturated carbocycles. The predicted octanol–water partition coefficient (Wildman–Crippen LogP) is 2.54. The van der Waals surface area contributed by atoms with Gasteiger partial charge in [-0.25, -0.2) is 4.79 Å². The van der Waals surface area contributed by atoms with Crippen molar-refractivity contribution >= 4 is 5.97 Å². The minimum atomic E-state index is -0.182. The molecular formula is C11H18O2. The molecule has 2 heteroatoms. The van der Waals surface area contributed by atoms with Crippen molar-refractivity contribution in [2.45, 2.75) is 33.6 Å². The molecule has 0 aromatic rings. The first-order chi connectivity index (χ1) is 6.13. The van der Waals surface area contributed by atoms with Crippen LogP contribution in [0.4, 0.5) is 0 Å². The van der Waals surface area contributed by atoms with Crippen LogP contribution < -0.4 is 0 Å². The lowest BCUT2D eigenvalue weighted by Crippen LogP contribution is -2.00.